The van der Waals surface area contributed by atoms with Gasteiger partial charge in [-0.1, -0.05) is 79.3 Å². The summed E-state index contributed by atoms with van der Waals surface area (Å²) in [6.45, 7) is 6.96. The van der Waals surface area contributed by atoms with Crippen molar-refractivity contribution in [1.82, 2.24) is 15.3 Å². The van der Waals surface area contributed by atoms with Gasteiger partial charge in [-0.05, 0) is 130 Å². The topological polar surface area (TPSA) is 147 Å². The van der Waals surface area contributed by atoms with Gasteiger partial charge in [-0.15, -0.1) is 11.3 Å². The number of ether oxygens (including phenoxy) is 2. The molecule has 2 N–H and O–H groups in total. The molecule has 3 aromatic heterocycles. The summed E-state index contributed by atoms with van der Waals surface area (Å²) in [7, 11) is 3.28. The van der Waals surface area contributed by atoms with E-state index >= 15 is 0 Å². The second-order valence-electron chi connectivity index (χ2n) is 17.6. The second-order valence-corrected chi connectivity index (χ2v) is 20.4. The van der Waals surface area contributed by atoms with Crippen LogP contribution in [0.25, 0.3) is 27.3 Å². The van der Waals surface area contributed by atoms with E-state index in [-0.39, 0.29) is 31.8 Å². The number of hydrogen-bond acceptors (Lipinski definition) is 12. The minimum Gasteiger partial charge on any atom is -0.493 e. The maximum atomic E-state index is 12.9. The lowest BCUT2D eigenvalue weighted by Crippen LogP contribution is -2.39. The number of furan rings is 1. The average Bonchev–Trinajstić information content (AvgIpc) is 4.21. The van der Waals surface area contributed by atoms with E-state index in [2.05, 4.69) is 40.1 Å². The molecule has 18 heteroatoms. The third kappa shape index (κ3) is 11.7. The zero-order chi connectivity index (χ0) is 51.9. The fraction of sp³-hybridized carbons (Fsp3) is 0.309. The molecule has 0 spiro atoms. The zero-order valence-corrected chi connectivity index (χ0v) is 43.2. The molecule has 1 aliphatic heterocycles. The minimum absolute atomic E-state index is 0.0388. The number of rotatable bonds is 12. The lowest BCUT2D eigenvalue weighted by molar-refractivity contribution is -0.137. The first-order valence-corrected chi connectivity index (χ1v) is 26.0. The molecule has 12 nitrogen and oxygen atoms in total. The van der Waals surface area contributed by atoms with Gasteiger partial charge in [0.15, 0.2) is 21.6 Å². The number of alkyl halides is 3. The predicted molar refractivity (Wildman–Crippen MR) is 286 cm³/mol. The monoisotopic (exact) mass is 1050 g/mol. The Labute approximate surface area is 434 Å². The van der Waals surface area contributed by atoms with Gasteiger partial charge in [-0.2, -0.15) is 13.2 Å². The zero-order valence-electron chi connectivity index (χ0n) is 40.7. The number of thioether (sulfide) groups is 1. The van der Waals surface area contributed by atoms with Crippen LogP contribution >= 0.6 is 35.3 Å². The normalized spacial score (nSPS) is 15.6. The third-order valence-corrected chi connectivity index (χ3v) is 15.8. The van der Waals surface area contributed by atoms with Gasteiger partial charge in [-0.3, -0.25) is 14.5 Å². The third-order valence-electron chi connectivity index (χ3n) is 13.3. The predicted octanol–water partition coefficient (Wildman–Crippen LogP) is 12.9. The first-order chi connectivity index (χ1) is 35.2. The molecule has 0 bridgehead atoms. The SMILES string of the molecule is CCN(CC)c1ncnc2sc3c(c12)CCCC3.COc1ccc(C2(CNC(=O)c3cc4ccccc4o3)CCCC2)cc1OC.O=C(O)c1ccc(/C=C2\SC(=S)N(c3cccc(C(F)(F)F)c3)C2=O)cc1. The standard InChI is InChI=1S/C23H25NO4.C18H10F3NO3S2.C14H19N3S/c1-26-19-10-9-17(14-20(19)27-2)23(11-5-6-12-23)15-24-22(25)21-13-16-7-3-4-8-18(16)28-21;19-18(20,21)12-2-1-3-13(9-12)22-15(23)14(27-17(22)26)8-10-4-6-11(7-5-10)16(24)25;1-3-17(4-2)13-12-10-7-5-6-8-11(10)18-14(12)16-9-15-13/h3-4,7-10,13-14H,5-6,11-12,15H2,1-2H3,(H,24,25);1-9H,(H,24,25);9H,3-8H2,1-2H3/b;14-8-;. The van der Waals surface area contributed by atoms with Crippen molar-refractivity contribution in [3.05, 3.63) is 147 Å². The summed E-state index contributed by atoms with van der Waals surface area (Å²) in [6.07, 6.45) is 8.13. The van der Waals surface area contributed by atoms with Gasteiger partial charge >= 0.3 is 12.1 Å². The average molecular weight is 1050 g/mol. The van der Waals surface area contributed by atoms with Gasteiger partial charge in [0.1, 0.15) is 22.6 Å². The number of thiocarbonyl (C=S) groups is 1. The molecule has 10 rings (SSSR count). The van der Waals surface area contributed by atoms with Crippen LogP contribution in [0.1, 0.15) is 100 Å². The molecule has 0 atom stereocenters. The Kier molecular flexibility index (Phi) is 16.5. The number of carboxylic acid groups (broad SMARTS) is 1. The molecular formula is C55H54F3N5O7S3. The van der Waals surface area contributed by atoms with Crippen LogP contribution in [0.2, 0.25) is 0 Å². The van der Waals surface area contributed by atoms with E-state index < -0.39 is 23.6 Å². The number of anilines is 2. The van der Waals surface area contributed by atoms with Crippen molar-refractivity contribution in [2.45, 2.75) is 76.8 Å². The molecule has 380 valence electrons. The summed E-state index contributed by atoms with van der Waals surface area (Å²) in [5.74, 6) is 1.14. The van der Waals surface area contributed by atoms with Gasteiger partial charge in [0.05, 0.1) is 41.3 Å². The number of carboxylic acids is 1. The molecule has 1 saturated heterocycles. The summed E-state index contributed by atoms with van der Waals surface area (Å²) in [5.41, 5.74) is 3.17. The van der Waals surface area contributed by atoms with Gasteiger partial charge in [0.2, 0.25) is 0 Å². The highest BCUT2D eigenvalue weighted by Crippen LogP contribution is 2.44. The molecule has 2 amide bonds. The number of halogens is 3. The summed E-state index contributed by atoms with van der Waals surface area (Å²) in [6, 6.07) is 25.7. The second kappa shape index (κ2) is 23.0. The fourth-order valence-corrected chi connectivity index (χ4v) is 12.0. The van der Waals surface area contributed by atoms with E-state index in [1.165, 1.54) is 89.5 Å². The Morgan fingerprint density at radius 2 is 1.63 bits per heavy atom. The number of fused-ring (bicyclic) bond motifs is 4. The molecule has 7 aromatic rings. The smallest absolute Gasteiger partial charge is 0.416 e. The molecular weight excluding hydrogens is 996 g/mol. The van der Waals surface area contributed by atoms with Crippen LogP contribution in [0.4, 0.5) is 24.7 Å². The van der Waals surface area contributed by atoms with Crippen molar-refractivity contribution in [3.8, 4) is 11.5 Å². The van der Waals surface area contributed by atoms with Crippen molar-refractivity contribution >= 4 is 96.2 Å². The fourth-order valence-electron chi connectivity index (χ4n) is 9.44. The van der Waals surface area contributed by atoms with Gasteiger partial charge < -0.3 is 29.2 Å². The Balaban J connectivity index is 0.000000150. The van der Waals surface area contributed by atoms with E-state index in [4.69, 9.17) is 31.2 Å². The number of carbonyl (C=O) groups is 3. The van der Waals surface area contributed by atoms with E-state index in [1.807, 2.05) is 47.7 Å². The lowest BCUT2D eigenvalue weighted by Gasteiger charge is -2.30. The van der Waals surface area contributed by atoms with E-state index in [9.17, 15) is 27.6 Å². The van der Waals surface area contributed by atoms with Crippen LogP contribution in [0, 0.1) is 0 Å². The summed E-state index contributed by atoms with van der Waals surface area (Å²) >= 11 is 7.99. The highest BCUT2D eigenvalue weighted by atomic mass is 32.2. The van der Waals surface area contributed by atoms with Crippen LogP contribution in [-0.2, 0) is 29.2 Å². The Bertz CT molecular complexity index is 3150. The number of hydrogen-bond donors (Lipinski definition) is 2. The molecule has 2 aliphatic carbocycles. The highest BCUT2D eigenvalue weighted by molar-refractivity contribution is 8.27. The number of nitrogens with zero attached hydrogens (tertiary/aromatic N) is 4. The number of amides is 2. The first kappa shape index (κ1) is 52.6. The number of thiophene rings is 1. The van der Waals surface area contributed by atoms with E-state index in [1.54, 1.807) is 31.5 Å². The number of aryl methyl sites for hydroxylation is 2. The van der Waals surface area contributed by atoms with Crippen molar-refractivity contribution in [1.29, 1.82) is 0 Å². The maximum absolute atomic E-state index is 12.9. The van der Waals surface area contributed by atoms with Crippen molar-refractivity contribution in [3.63, 3.8) is 0 Å². The molecule has 2 fully saturated rings. The van der Waals surface area contributed by atoms with Gasteiger partial charge in [-0.25, -0.2) is 14.8 Å². The van der Waals surface area contributed by atoms with Crippen molar-refractivity contribution in [2.24, 2.45) is 0 Å². The van der Waals surface area contributed by atoms with Crippen LogP contribution < -0.4 is 24.6 Å². The highest BCUT2D eigenvalue weighted by Gasteiger charge is 2.38. The van der Waals surface area contributed by atoms with E-state index in [0.29, 0.717) is 23.6 Å². The number of benzene rings is 4. The Hall–Kier alpha value is -6.76. The van der Waals surface area contributed by atoms with Crippen LogP contribution in [0.15, 0.2) is 113 Å². The minimum atomic E-state index is -4.53. The molecule has 0 unspecified atom stereocenters. The first-order valence-electron chi connectivity index (χ1n) is 23.9. The Morgan fingerprint density at radius 1 is 0.904 bits per heavy atom. The molecule has 0 radical (unpaired) electrons. The molecule has 3 aliphatic rings. The number of para-hydroxylation sites is 1. The number of methoxy groups -OCH3 is 2. The van der Waals surface area contributed by atoms with Crippen LogP contribution in [-0.4, -0.2) is 71.0 Å². The Morgan fingerprint density at radius 3 is 2.32 bits per heavy atom. The summed E-state index contributed by atoms with van der Waals surface area (Å²) < 4.78 is 55.4. The molecule has 1 saturated carbocycles. The largest absolute Gasteiger partial charge is 0.493 e. The lowest BCUT2D eigenvalue weighted by atomic mass is 9.78. The summed E-state index contributed by atoms with van der Waals surface area (Å²) in [5, 5.41) is 14.3. The number of aromatic nitrogens is 2. The van der Waals surface area contributed by atoms with Gasteiger partial charge in [0, 0.05) is 35.3 Å². The maximum Gasteiger partial charge on any atom is 0.416 e. The van der Waals surface area contributed by atoms with Crippen molar-refractivity contribution in [2.75, 3.05) is 43.7 Å². The van der Waals surface area contributed by atoms with Crippen LogP contribution in [0.5, 0.6) is 11.5 Å². The molecule has 4 heterocycles. The quantitative estimate of drug-likeness (QED) is 0.0887. The summed E-state index contributed by atoms with van der Waals surface area (Å²) in [4.78, 5) is 51.6. The number of nitrogens with one attached hydrogen (secondary N) is 1. The molecule has 4 aromatic carbocycles. The molecule has 73 heavy (non-hydrogen) atoms. The van der Waals surface area contributed by atoms with E-state index in [0.717, 1.165) is 90.1 Å². The number of aromatic carboxylic acids is 1. The van der Waals surface area contributed by atoms with Gasteiger partial charge in [0.25, 0.3) is 11.8 Å². The van der Waals surface area contributed by atoms with Crippen molar-refractivity contribution < 1.29 is 46.6 Å². The number of carbonyl (C=O) groups excluding carboxylic acids is 2. The van der Waals surface area contributed by atoms with Crippen LogP contribution in [0.3, 0.4) is 0 Å².